The summed E-state index contributed by atoms with van der Waals surface area (Å²) in [4.78, 5) is 38.4. The van der Waals surface area contributed by atoms with Crippen LogP contribution in [0.4, 0.5) is 0 Å². The number of hydrogen-bond acceptors (Lipinski definition) is 4. The molecule has 0 spiro atoms. The van der Waals surface area contributed by atoms with Crippen molar-refractivity contribution in [2.75, 3.05) is 0 Å². The topological polar surface area (TPSA) is 87.2 Å². The lowest BCUT2D eigenvalue weighted by Crippen LogP contribution is -2.27. The zero-order valence-electron chi connectivity index (χ0n) is 10.4. The van der Waals surface area contributed by atoms with Crippen LogP contribution in [-0.4, -0.2) is 21.8 Å². The Kier molecular flexibility index (Phi) is 3.02. The Balaban J connectivity index is 2.05. The second-order valence-corrected chi connectivity index (χ2v) is 5.73. The van der Waals surface area contributed by atoms with Crippen LogP contribution in [0.25, 0.3) is 0 Å². The lowest BCUT2D eigenvalue weighted by atomic mass is 9.84. The molecule has 0 aromatic carbocycles. The molecule has 2 aromatic heterocycles. The van der Waals surface area contributed by atoms with Gasteiger partial charge in [0, 0.05) is 28.5 Å². The van der Waals surface area contributed by atoms with Crippen LogP contribution in [0.3, 0.4) is 0 Å². The molecule has 6 heteroatoms. The maximum Gasteiger partial charge on any atom is 0.341 e. The van der Waals surface area contributed by atoms with E-state index in [1.807, 2.05) is 17.5 Å². The first-order valence-electron chi connectivity index (χ1n) is 6.12. The highest BCUT2D eigenvalue weighted by atomic mass is 32.1. The monoisotopic (exact) mass is 289 g/mol. The molecule has 2 heterocycles. The molecule has 1 aliphatic rings. The molecule has 0 fully saturated rings. The summed E-state index contributed by atoms with van der Waals surface area (Å²) >= 11 is 1.58. The van der Waals surface area contributed by atoms with E-state index in [0.717, 1.165) is 4.88 Å². The molecule has 1 atom stereocenters. The average molecular weight is 289 g/mol. The summed E-state index contributed by atoms with van der Waals surface area (Å²) in [6.45, 7) is 0. The third-order valence-electron chi connectivity index (χ3n) is 3.48. The largest absolute Gasteiger partial charge is 0.477 e. The van der Waals surface area contributed by atoms with Crippen molar-refractivity contribution in [3.63, 3.8) is 0 Å². The normalized spacial score (nSPS) is 17.8. The molecule has 0 amide bonds. The van der Waals surface area contributed by atoms with E-state index >= 15 is 0 Å². The number of ketones is 1. The van der Waals surface area contributed by atoms with Gasteiger partial charge in [-0.1, -0.05) is 6.07 Å². The van der Waals surface area contributed by atoms with Crippen molar-refractivity contribution in [3.8, 4) is 0 Å². The zero-order chi connectivity index (χ0) is 14.3. The van der Waals surface area contributed by atoms with Crippen LogP contribution >= 0.6 is 11.3 Å². The number of rotatable bonds is 2. The number of pyridine rings is 1. The highest BCUT2D eigenvalue weighted by Crippen LogP contribution is 2.33. The van der Waals surface area contributed by atoms with Crippen molar-refractivity contribution in [3.05, 3.63) is 55.6 Å². The number of carbonyl (C=O) groups excluding carboxylic acids is 1. The summed E-state index contributed by atoms with van der Waals surface area (Å²) in [6.07, 6.45) is 0.898. The van der Waals surface area contributed by atoms with Gasteiger partial charge in [-0.05, 0) is 23.9 Å². The number of nitrogens with one attached hydrogen (secondary N) is 1. The van der Waals surface area contributed by atoms with Crippen molar-refractivity contribution in [1.29, 1.82) is 0 Å². The summed E-state index contributed by atoms with van der Waals surface area (Å²) in [7, 11) is 0. The summed E-state index contributed by atoms with van der Waals surface area (Å²) in [6, 6.07) is 5.09. The van der Waals surface area contributed by atoms with E-state index in [-0.39, 0.29) is 17.3 Å². The van der Waals surface area contributed by atoms with E-state index in [2.05, 4.69) is 4.98 Å². The Hall–Kier alpha value is -2.21. The molecule has 2 N–H and O–H groups in total. The molecule has 102 valence electrons. The predicted octanol–water partition coefficient (Wildman–Crippen LogP) is 2.05. The van der Waals surface area contributed by atoms with Crippen LogP contribution in [0.2, 0.25) is 0 Å². The van der Waals surface area contributed by atoms with Gasteiger partial charge in [-0.15, -0.1) is 11.3 Å². The van der Waals surface area contributed by atoms with Gasteiger partial charge in [-0.2, -0.15) is 0 Å². The zero-order valence-corrected chi connectivity index (χ0v) is 11.2. The lowest BCUT2D eigenvalue weighted by Gasteiger charge is -2.22. The fourth-order valence-electron chi connectivity index (χ4n) is 2.51. The maximum atomic E-state index is 12.2. The number of fused-ring (bicyclic) bond motifs is 1. The van der Waals surface area contributed by atoms with Crippen LogP contribution in [0, 0.1) is 0 Å². The lowest BCUT2D eigenvalue weighted by molar-refractivity contribution is 0.0695. The van der Waals surface area contributed by atoms with Crippen LogP contribution in [-0.2, 0) is 6.42 Å². The number of H-pyrrole nitrogens is 1. The minimum Gasteiger partial charge on any atom is -0.477 e. The Morgan fingerprint density at radius 3 is 2.80 bits per heavy atom. The molecule has 0 bridgehead atoms. The van der Waals surface area contributed by atoms with Crippen molar-refractivity contribution in [1.82, 2.24) is 4.98 Å². The van der Waals surface area contributed by atoms with E-state index in [4.69, 9.17) is 5.11 Å². The smallest absolute Gasteiger partial charge is 0.341 e. The van der Waals surface area contributed by atoms with E-state index in [1.165, 1.54) is 6.07 Å². The molecule has 0 saturated carbocycles. The third kappa shape index (κ3) is 2.08. The van der Waals surface area contributed by atoms with Crippen molar-refractivity contribution >= 4 is 23.1 Å². The number of thiophene rings is 1. The van der Waals surface area contributed by atoms with Gasteiger partial charge in [0.15, 0.2) is 5.78 Å². The van der Waals surface area contributed by atoms with Crippen LogP contribution in [0.15, 0.2) is 28.4 Å². The second kappa shape index (κ2) is 4.72. The van der Waals surface area contributed by atoms with E-state index in [9.17, 15) is 14.4 Å². The summed E-state index contributed by atoms with van der Waals surface area (Å²) in [5.74, 6) is -1.38. The molecule has 2 aromatic rings. The summed E-state index contributed by atoms with van der Waals surface area (Å²) < 4.78 is 0. The fraction of sp³-hybridized carbons (Fsp3) is 0.214. The van der Waals surface area contributed by atoms with E-state index in [0.29, 0.717) is 24.1 Å². The number of carboxylic acid groups (broad SMARTS) is 1. The van der Waals surface area contributed by atoms with Gasteiger partial charge in [0.05, 0.1) is 0 Å². The molecule has 3 rings (SSSR count). The van der Waals surface area contributed by atoms with Crippen LogP contribution in [0.1, 0.15) is 43.6 Å². The molecule has 0 unspecified atom stereocenters. The van der Waals surface area contributed by atoms with Gasteiger partial charge < -0.3 is 10.1 Å². The summed E-state index contributed by atoms with van der Waals surface area (Å²) in [5.41, 5.74) is -0.174. The van der Waals surface area contributed by atoms with Gasteiger partial charge in [0.2, 0.25) is 0 Å². The Labute approximate surface area is 117 Å². The highest BCUT2D eigenvalue weighted by molar-refractivity contribution is 7.10. The van der Waals surface area contributed by atoms with Crippen molar-refractivity contribution in [2.45, 2.75) is 18.8 Å². The predicted molar refractivity (Wildman–Crippen MR) is 73.7 cm³/mol. The molecule has 5 nitrogen and oxygen atoms in total. The Bertz CT molecular complexity index is 745. The number of aromatic carboxylic acids is 1. The molecular weight excluding hydrogens is 278 g/mol. The first-order chi connectivity index (χ1) is 9.56. The number of hydrogen-bond donors (Lipinski definition) is 2. The molecule has 0 saturated heterocycles. The quantitative estimate of drug-likeness (QED) is 0.885. The van der Waals surface area contributed by atoms with Gasteiger partial charge in [-0.25, -0.2) is 4.79 Å². The van der Waals surface area contributed by atoms with E-state index in [1.54, 1.807) is 11.3 Å². The summed E-state index contributed by atoms with van der Waals surface area (Å²) in [5, 5.41) is 10.9. The standard InChI is InChI=1S/C14H11NO4S/c16-11-5-7(12-2-1-3-20-12)4-10-8(11)6-9(14(18)19)13(17)15-10/h1-3,6-7H,4-5H2,(H,15,17)(H,18,19)/t7-/m1/s1. The van der Waals surface area contributed by atoms with Gasteiger partial charge in [-0.3, -0.25) is 9.59 Å². The van der Waals surface area contributed by atoms with Gasteiger partial charge >= 0.3 is 5.97 Å². The Morgan fingerprint density at radius 2 is 2.15 bits per heavy atom. The van der Waals surface area contributed by atoms with Crippen molar-refractivity contribution < 1.29 is 14.7 Å². The third-order valence-corrected chi connectivity index (χ3v) is 4.52. The molecule has 0 aliphatic heterocycles. The maximum absolute atomic E-state index is 12.2. The molecular formula is C14H11NO4S. The first kappa shape index (κ1) is 12.8. The Morgan fingerprint density at radius 1 is 1.35 bits per heavy atom. The average Bonchev–Trinajstić information content (AvgIpc) is 2.91. The minimum atomic E-state index is -1.32. The highest BCUT2D eigenvalue weighted by Gasteiger charge is 2.29. The number of carboxylic acids is 1. The second-order valence-electron chi connectivity index (χ2n) is 4.75. The van der Waals surface area contributed by atoms with Gasteiger partial charge in [0.1, 0.15) is 5.56 Å². The van der Waals surface area contributed by atoms with Crippen LogP contribution < -0.4 is 5.56 Å². The number of carbonyl (C=O) groups is 2. The number of aromatic nitrogens is 1. The molecule has 1 aliphatic carbocycles. The first-order valence-corrected chi connectivity index (χ1v) is 7.00. The SMILES string of the molecule is O=C1C[C@H](c2cccs2)Cc2[nH]c(=O)c(C(=O)O)cc21. The number of aromatic amines is 1. The van der Waals surface area contributed by atoms with Crippen molar-refractivity contribution in [2.24, 2.45) is 0 Å². The van der Waals surface area contributed by atoms with Crippen LogP contribution in [0.5, 0.6) is 0 Å². The fourth-order valence-corrected chi connectivity index (χ4v) is 3.34. The van der Waals surface area contributed by atoms with E-state index < -0.39 is 11.5 Å². The minimum absolute atomic E-state index is 0.0568. The molecule has 0 radical (unpaired) electrons. The number of Topliss-reactive ketones (excluding diaryl/α,β-unsaturated/α-hetero) is 1. The van der Waals surface area contributed by atoms with Gasteiger partial charge in [0.25, 0.3) is 5.56 Å². The molecule has 20 heavy (non-hydrogen) atoms.